The van der Waals surface area contributed by atoms with E-state index >= 15 is 0 Å². The summed E-state index contributed by atoms with van der Waals surface area (Å²) in [6.07, 6.45) is 8.57. The van der Waals surface area contributed by atoms with Crippen molar-refractivity contribution in [1.29, 1.82) is 0 Å². The van der Waals surface area contributed by atoms with Gasteiger partial charge in [-0.25, -0.2) is 4.98 Å². The number of thioether (sulfide) groups is 1. The van der Waals surface area contributed by atoms with Crippen LogP contribution in [0, 0.1) is 11.3 Å². The summed E-state index contributed by atoms with van der Waals surface area (Å²) in [6.45, 7) is 7.08. The highest BCUT2D eigenvalue weighted by Gasteiger charge is 2.36. The predicted octanol–water partition coefficient (Wildman–Crippen LogP) is 3.43. The van der Waals surface area contributed by atoms with E-state index < -0.39 is 0 Å². The monoisotopic (exact) mass is 267 g/mol. The Balaban J connectivity index is 2.01. The molecule has 4 heteroatoms. The summed E-state index contributed by atoms with van der Waals surface area (Å²) in [4.78, 5) is 7.47. The van der Waals surface area contributed by atoms with Gasteiger partial charge in [0.05, 0.1) is 0 Å². The van der Waals surface area contributed by atoms with Gasteiger partial charge in [-0.05, 0) is 30.6 Å². The molecular weight excluding hydrogens is 242 g/mol. The van der Waals surface area contributed by atoms with Gasteiger partial charge in [-0.1, -0.05) is 39.0 Å². The van der Waals surface area contributed by atoms with Gasteiger partial charge in [0, 0.05) is 23.7 Å². The fourth-order valence-corrected chi connectivity index (χ4v) is 3.93. The number of nitrogens with two attached hydrogens (primary N) is 1. The highest BCUT2D eigenvalue weighted by molar-refractivity contribution is 7.99. The Morgan fingerprint density at radius 3 is 2.89 bits per heavy atom. The summed E-state index contributed by atoms with van der Waals surface area (Å²) in [7, 11) is 0. The highest BCUT2D eigenvalue weighted by atomic mass is 32.2. The summed E-state index contributed by atoms with van der Waals surface area (Å²) in [5, 5.41) is 1.51. The Bertz CT molecular complexity index is 361. The Labute approximate surface area is 114 Å². The molecule has 0 saturated heterocycles. The van der Waals surface area contributed by atoms with Crippen LogP contribution >= 0.6 is 11.8 Å². The van der Waals surface area contributed by atoms with Crippen molar-refractivity contribution in [3.63, 3.8) is 0 Å². The first-order valence-electron chi connectivity index (χ1n) is 6.94. The molecule has 1 aliphatic rings. The SMILES string of the molecule is CCC(C)(C)C1CCC(N)C(Sc2ncc[nH]2)C1. The molecule has 3 nitrogen and oxygen atoms in total. The molecular formula is C14H25N3S. The maximum absolute atomic E-state index is 6.28. The molecule has 3 unspecified atom stereocenters. The zero-order valence-corrected chi connectivity index (χ0v) is 12.5. The van der Waals surface area contributed by atoms with Crippen molar-refractivity contribution in [3.8, 4) is 0 Å². The smallest absolute Gasteiger partial charge is 0.165 e. The number of rotatable bonds is 4. The molecule has 0 amide bonds. The van der Waals surface area contributed by atoms with Crippen LogP contribution in [0.4, 0.5) is 0 Å². The number of nitrogens with one attached hydrogen (secondary N) is 1. The van der Waals surface area contributed by atoms with Crippen LogP contribution in [-0.4, -0.2) is 21.3 Å². The maximum Gasteiger partial charge on any atom is 0.165 e. The number of H-pyrrole nitrogens is 1. The largest absolute Gasteiger partial charge is 0.340 e. The molecule has 18 heavy (non-hydrogen) atoms. The third-order valence-corrected chi connectivity index (χ3v) is 5.89. The van der Waals surface area contributed by atoms with Crippen molar-refractivity contribution in [2.45, 2.75) is 62.9 Å². The number of aromatic amines is 1. The Morgan fingerprint density at radius 1 is 1.50 bits per heavy atom. The second-order valence-corrected chi connectivity index (χ2v) is 7.29. The maximum atomic E-state index is 6.28. The normalized spacial score (nSPS) is 29.4. The second-order valence-electron chi connectivity index (χ2n) is 6.07. The molecule has 1 aromatic heterocycles. The average Bonchev–Trinajstić information content (AvgIpc) is 2.84. The number of aromatic nitrogens is 2. The molecule has 0 spiro atoms. The Morgan fingerprint density at radius 2 is 2.28 bits per heavy atom. The molecule has 1 aliphatic carbocycles. The number of hydrogen-bond donors (Lipinski definition) is 2. The second kappa shape index (κ2) is 5.66. The molecule has 0 radical (unpaired) electrons. The first kappa shape index (κ1) is 13.9. The topological polar surface area (TPSA) is 54.7 Å². The lowest BCUT2D eigenvalue weighted by Crippen LogP contribution is -2.42. The molecule has 1 fully saturated rings. The van der Waals surface area contributed by atoms with Gasteiger partial charge in [0.15, 0.2) is 5.16 Å². The first-order chi connectivity index (χ1) is 8.53. The van der Waals surface area contributed by atoms with Crippen LogP contribution in [0.2, 0.25) is 0 Å². The van der Waals surface area contributed by atoms with Crippen molar-refractivity contribution < 1.29 is 0 Å². The molecule has 1 aromatic rings. The quantitative estimate of drug-likeness (QED) is 0.878. The molecule has 3 atom stereocenters. The van der Waals surface area contributed by atoms with Crippen molar-refractivity contribution in [3.05, 3.63) is 12.4 Å². The Hall–Kier alpha value is -0.480. The summed E-state index contributed by atoms with van der Waals surface area (Å²) in [5.41, 5.74) is 6.71. The zero-order chi connectivity index (χ0) is 13.2. The van der Waals surface area contributed by atoms with Crippen molar-refractivity contribution in [2.24, 2.45) is 17.1 Å². The van der Waals surface area contributed by atoms with Crippen molar-refractivity contribution in [2.75, 3.05) is 0 Å². The third kappa shape index (κ3) is 3.09. The van der Waals surface area contributed by atoms with Gasteiger partial charge in [-0.3, -0.25) is 0 Å². The minimum absolute atomic E-state index is 0.309. The first-order valence-corrected chi connectivity index (χ1v) is 7.82. The molecule has 1 heterocycles. The molecule has 102 valence electrons. The van der Waals surface area contributed by atoms with Gasteiger partial charge in [0.25, 0.3) is 0 Å². The molecule has 0 aliphatic heterocycles. The van der Waals surface area contributed by atoms with E-state index in [-0.39, 0.29) is 0 Å². The Kier molecular flexibility index (Phi) is 4.38. The van der Waals surface area contributed by atoms with E-state index in [9.17, 15) is 0 Å². The van der Waals surface area contributed by atoms with E-state index in [1.807, 2.05) is 24.2 Å². The third-order valence-electron chi connectivity index (χ3n) is 4.60. The zero-order valence-electron chi connectivity index (χ0n) is 11.6. The van der Waals surface area contributed by atoms with Gasteiger partial charge < -0.3 is 10.7 Å². The van der Waals surface area contributed by atoms with E-state index in [1.54, 1.807) is 0 Å². The van der Waals surface area contributed by atoms with Gasteiger partial charge in [-0.15, -0.1) is 0 Å². The van der Waals surface area contributed by atoms with Crippen LogP contribution in [0.25, 0.3) is 0 Å². The lowest BCUT2D eigenvalue weighted by molar-refractivity contribution is 0.148. The van der Waals surface area contributed by atoms with Gasteiger partial charge >= 0.3 is 0 Å². The predicted molar refractivity (Wildman–Crippen MR) is 77.6 cm³/mol. The van der Waals surface area contributed by atoms with Crippen LogP contribution in [0.5, 0.6) is 0 Å². The van der Waals surface area contributed by atoms with Crippen LogP contribution in [0.1, 0.15) is 46.5 Å². The fraction of sp³-hybridized carbons (Fsp3) is 0.786. The van der Waals surface area contributed by atoms with E-state index in [2.05, 4.69) is 30.7 Å². The summed E-state index contributed by atoms with van der Waals surface area (Å²) in [5.74, 6) is 0.787. The standard InChI is InChI=1S/C14H25N3S/c1-4-14(2,3)10-5-6-11(15)12(9-10)18-13-16-7-8-17-13/h7-8,10-12H,4-6,9,15H2,1-3H3,(H,16,17). The van der Waals surface area contributed by atoms with Gasteiger partial charge in [0.2, 0.25) is 0 Å². The molecule has 2 rings (SSSR count). The number of hydrogen-bond acceptors (Lipinski definition) is 3. The van der Waals surface area contributed by atoms with Crippen LogP contribution < -0.4 is 5.73 Å². The molecule has 3 N–H and O–H groups in total. The summed E-state index contributed by atoms with van der Waals surface area (Å²) < 4.78 is 0. The summed E-state index contributed by atoms with van der Waals surface area (Å²) >= 11 is 1.82. The minimum atomic E-state index is 0.309. The lowest BCUT2D eigenvalue weighted by Gasteiger charge is -2.41. The lowest BCUT2D eigenvalue weighted by atomic mass is 9.69. The molecule has 0 aromatic carbocycles. The van der Waals surface area contributed by atoms with E-state index in [0.29, 0.717) is 16.7 Å². The van der Waals surface area contributed by atoms with E-state index in [0.717, 1.165) is 17.5 Å². The van der Waals surface area contributed by atoms with E-state index in [4.69, 9.17) is 5.73 Å². The van der Waals surface area contributed by atoms with Gasteiger partial charge in [-0.2, -0.15) is 0 Å². The molecule has 1 saturated carbocycles. The van der Waals surface area contributed by atoms with Crippen molar-refractivity contribution in [1.82, 2.24) is 9.97 Å². The van der Waals surface area contributed by atoms with Crippen LogP contribution in [0.3, 0.4) is 0 Å². The number of imidazole rings is 1. The fourth-order valence-electron chi connectivity index (χ4n) is 2.75. The summed E-state index contributed by atoms with van der Waals surface area (Å²) in [6, 6.07) is 0.309. The highest BCUT2D eigenvalue weighted by Crippen LogP contribution is 2.43. The van der Waals surface area contributed by atoms with Gasteiger partial charge in [0.1, 0.15) is 0 Å². The minimum Gasteiger partial charge on any atom is -0.340 e. The molecule has 0 bridgehead atoms. The van der Waals surface area contributed by atoms with Crippen molar-refractivity contribution >= 4 is 11.8 Å². The number of nitrogens with zero attached hydrogens (tertiary/aromatic N) is 1. The van der Waals surface area contributed by atoms with Crippen LogP contribution in [0.15, 0.2) is 17.6 Å². The van der Waals surface area contributed by atoms with E-state index in [1.165, 1.54) is 19.3 Å². The van der Waals surface area contributed by atoms with Crippen LogP contribution in [-0.2, 0) is 0 Å². The average molecular weight is 267 g/mol.